The molecule has 0 aliphatic carbocycles. The number of carbonyl (C=O) groups excluding carboxylic acids is 1. The Kier molecular flexibility index (Phi) is 3.51. The minimum absolute atomic E-state index is 0.115. The molecule has 0 unspecified atom stereocenters. The van der Waals surface area contributed by atoms with Gasteiger partial charge in [-0.05, 0) is 18.2 Å². The lowest BCUT2D eigenvalue weighted by molar-refractivity contribution is 0.102. The predicted molar refractivity (Wildman–Crippen MR) is 64.2 cm³/mol. The minimum Gasteiger partial charge on any atom is -0.289 e. The van der Waals surface area contributed by atoms with Gasteiger partial charge in [0.1, 0.15) is 16.0 Å². The second kappa shape index (κ2) is 5.07. The molecule has 0 fully saturated rings. The van der Waals surface area contributed by atoms with Gasteiger partial charge >= 0.3 is 0 Å². The van der Waals surface area contributed by atoms with Gasteiger partial charge in [-0.25, -0.2) is 15.0 Å². The lowest BCUT2D eigenvalue weighted by Gasteiger charge is -2.02. The number of rotatable bonds is 2. The lowest BCUT2D eigenvalue weighted by Crippen LogP contribution is -2.15. The smallest absolute Gasteiger partial charge is 0.276 e. The van der Waals surface area contributed by atoms with E-state index in [1.807, 2.05) is 0 Å². The van der Waals surface area contributed by atoms with Crippen LogP contribution in [0.1, 0.15) is 10.5 Å². The summed E-state index contributed by atoms with van der Waals surface area (Å²) in [5, 5.41) is 2.94. The largest absolute Gasteiger partial charge is 0.289 e. The van der Waals surface area contributed by atoms with Gasteiger partial charge in [-0.3, -0.25) is 10.1 Å². The molecule has 0 saturated carbocycles. The van der Waals surface area contributed by atoms with Crippen molar-refractivity contribution in [3.63, 3.8) is 0 Å². The minimum atomic E-state index is -0.449. The molecule has 0 aromatic carbocycles. The van der Waals surface area contributed by atoms with Crippen molar-refractivity contribution >= 4 is 35.1 Å². The Balaban J connectivity index is 2.17. The van der Waals surface area contributed by atoms with Crippen molar-refractivity contribution < 1.29 is 4.79 Å². The van der Waals surface area contributed by atoms with Crippen molar-refractivity contribution in [3.05, 3.63) is 46.5 Å². The van der Waals surface area contributed by atoms with Crippen LogP contribution in [0.15, 0.2) is 30.5 Å². The summed E-state index contributed by atoms with van der Waals surface area (Å²) >= 11 is 11.3. The number of hydrogen-bond donors (Lipinski definition) is 1. The predicted octanol–water partition coefficient (Wildman–Crippen LogP) is 2.43. The third-order valence-corrected chi connectivity index (χ3v) is 2.22. The zero-order valence-corrected chi connectivity index (χ0v) is 9.90. The van der Waals surface area contributed by atoms with E-state index in [2.05, 4.69) is 20.3 Å². The van der Waals surface area contributed by atoms with Crippen LogP contribution in [0.5, 0.6) is 0 Å². The summed E-state index contributed by atoms with van der Waals surface area (Å²) in [6.07, 6.45) is 1.44. The Bertz CT molecular complexity index is 562. The third-order valence-electron chi connectivity index (χ3n) is 1.79. The zero-order chi connectivity index (χ0) is 12.3. The molecule has 5 nitrogen and oxygen atoms in total. The molecule has 86 valence electrons. The fourth-order valence-electron chi connectivity index (χ4n) is 1.10. The van der Waals surface area contributed by atoms with Crippen molar-refractivity contribution in [3.8, 4) is 0 Å². The molecule has 0 saturated heterocycles. The van der Waals surface area contributed by atoms with Crippen LogP contribution in [0.3, 0.4) is 0 Å². The van der Waals surface area contributed by atoms with E-state index in [4.69, 9.17) is 23.2 Å². The highest BCUT2D eigenvalue weighted by atomic mass is 35.5. The molecule has 7 heteroatoms. The Morgan fingerprint density at radius 1 is 1.12 bits per heavy atom. The number of anilines is 1. The molecule has 0 atom stereocenters. The number of nitrogens with one attached hydrogen (secondary N) is 1. The molecule has 0 aliphatic rings. The van der Waals surface area contributed by atoms with Gasteiger partial charge in [-0.15, -0.1) is 0 Å². The number of hydrogen-bond acceptors (Lipinski definition) is 4. The van der Waals surface area contributed by atoms with E-state index in [0.29, 0.717) is 0 Å². The lowest BCUT2D eigenvalue weighted by atomic mass is 10.3. The van der Waals surface area contributed by atoms with Crippen LogP contribution in [0.25, 0.3) is 0 Å². The van der Waals surface area contributed by atoms with Crippen LogP contribution in [0, 0.1) is 0 Å². The number of carbonyl (C=O) groups is 1. The maximum Gasteiger partial charge on any atom is 0.276 e. The van der Waals surface area contributed by atoms with Crippen LogP contribution >= 0.6 is 23.2 Å². The molecule has 0 radical (unpaired) electrons. The van der Waals surface area contributed by atoms with Crippen LogP contribution in [-0.2, 0) is 0 Å². The standard InChI is InChI=1S/C10H6Cl2N4O/c11-7-3-1-2-6(14-7)9(17)16-10-13-5-4-8(12)15-10/h1-5H,(H,13,15,16,17). The normalized spacial score (nSPS) is 10.0. The first-order valence-electron chi connectivity index (χ1n) is 4.57. The number of amides is 1. The zero-order valence-electron chi connectivity index (χ0n) is 8.39. The van der Waals surface area contributed by atoms with E-state index in [1.165, 1.54) is 18.3 Å². The molecule has 1 amide bonds. The summed E-state index contributed by atoms with van der Waals surface area (Å²) < 4.78 is 0. The molecular weight excluding hydrogens is 263 g/mol. The van der Waals surface area contributed by atoms with E-state index in [9.17, 15) is 4.79 Å². The Morgan fingerprint density at radius 2 is 1.88 bits per heavy atom. The first kappa shape index (κ1) is 11.8. The maximum atomic E-state index is 11.7. The van der Waals surface area contributed by atoms with Crippen molar-refractivity contribution in [2.24, 2.45) is 0 Å². The summed E-state index contributed by atoms with van der Waals surface area (Å²) in [5.41, 5.74) is 0.182. The summed E-state index contributed by atoms with van der Waals surface area (Å²) in [5.74, 6) is -0.334. The van der Waals surface area contributed by atoms with E-state index >= 15 is 0 Å². The molecule has 2 heterocycles. The quantitative estimate of drug-likeness (QED) is 0.671. The topological polar surface area (TPSA) is 67.8 Å². The van der Waals surface area contributed by atoms with Gasteiger partial charge in [0.25, 0.3) is 5.91 Å². The van der Waals surface area contributed by atoms with Crippen LogP contribution in [0.4, 0.5) is 5.95 Å². The van der Waals surface area contributed by atoms with E-state index in [-0.39, 0.29) is 21.9 Å². The highest BCUT2D eigenvalue weighted by Crippen LogP contribution is 2.09. The van der Waals surface area contributed by atoms with Crippen LogP contribution < -0.4 is 5.32 Å². The molecule has 2 rings (SSSR count). The van der Waals surface area contributed by atoms with E-state index in [1.54, 1.807) is 12.1 Å². The molecule has 2 aromatic rings. The molecule has 0 aliphatic heterocycles. The van der Waals surface area contributed by atoms with Gasteiger partial charge in [0.05, 0.1) is 0 Å². The van der Waals surface area contributed by atoms with Gasteiger partial charge in [0, 0.05) is 6.20 Å². The summed E-state index contributed by atoms with van der Waals surface area (Å²) in [6.45, 7) is 0. The van der Waals surface area contributed by atoms with Crippen molar-refractivity contribution in [1.82, 2.24) is 15.0 Å². The fraction of sp³-hybridized carbons (Fsp3) is 0. The number of pyridine rings is 1. The molecule has 0 bridgehead atoms. The van der Waals surface area contributed by atoms with Crippen molar-refractivity contribution in [2.75, 3.05) is 5.32 Å². The average Bonchev–Trinajstić information content (AvgIpc) is 2.29. The summed E-state index contributed by atoms with van der Waals surface area (Å²) in [4.78, 5) is 23.2. The van der Waals surface area contributed by atoms with E-state index < -0.39 is 5.91 Å². The van der Waals surface area contributed by atoms with Gasteiger partial charge in [0.15, 0.2) is 0 Å². The monoisotopic (exact) mass is 268 g/mol. The number of halogens is 2. The van der Waals surface area contributed by atoms with Crippen molar-refractivity contribution in [2.45, 2.75) is 0 Å². The van der Waals surface area contributed by atoms with Gasteiger partial charge in [-0.2, -0.15) is 0 Å². The van der Waals surface area contributed by atoms with Gasteiger partial charge in [0.2, 0.25) is 5.95 Å². The fourth-order valence-corrected chi connectivity index (χ4v) is 1.40. The molecule has 2 aromatic heterocycles. The highest BCUT2D eigenvalue weighted by Gasteiger charge is 2.09. The van der Waals surface area contributed by atoms with Crippen molar-refractivity contribution in [1.29, 1.82) is 0 Å². The summed E-state index contributed by atoms with van der Waals surface area (Å²) in [7, 11) is 0. The molecule has 17 heavy (non-hydrogen) atoms. The molecule has 0 spiro atoms. The van der Waals surface area contributed by atoms with Gasteiger partial charge in [-0.1, -0.05) is 29.3 Å². The molecule has 1 N–H and O–H groups in total. The second-order valence-corrected chi connectivity index (χ2v) is 3.78. The number of nitrogens with zero attached hydrogens (tertiary/aromatic N) is 3. The van der Waals surface area contributed by atoms with Gasteiger partial charge < -0.3 is 0 Å². The second-order valence-electron chi connectivity index (χ2n) is 3.00. The maximum absolute atomic E-state index is 11.7. The first-order chi connectivity index (χ1) is 8.15. The Labute approximate surface area is 107 Å². The average molecular weight is 269 g/mol. The summed E-state index contributed by atoms with van der Waals surface area (Å²) in [6, 6.07) is 6.25. The van der Waals surface area contributed by atoms with Crippen LogP contribution in [0.2, 0.25) is 10.3 Å². The van der Waals surface area contributed by atoms with E-state index in [0.717, 1.165) is 0 Å². The molecular formula is C10H6Cl2N4O. The SMILES string of the molecule is O=C(Nc1nccc(Cl)n1)c1cccc(Cl)n1. The Morgan fingerprint density at radius 3 is 2.59 bits per heavy atom. The Hall–Kier alpha value is -1.72. The number of aromatic nitrogens is 3. The highest BCUT2D eigenvalue weighted by molar-refractivity contribution is 6.29. The van der Waals surface area contributed by atoms with Crippen LogP contribution in [-0.4, -0.2) is 20.9 Å². The first-order valence-corrected chi connectivity index (χ1v) is 5.33. The third kappa shape index (κ3) is 3.12.